The molecule has 0 saturated carbocycles. The number of carboxylic acid groups (broad SMARTS) is 1. The molecule has 1 aromatic heterocycles. The van der Waals surface area contributed by atoms with Crippen molar-refractivity contribution >= 4 is 38.6 Å². The first-order valence-corrected chi connectivity index (χ1v) is 12.7. The molecule has 2 aromatic carbocycles. The molecule has 1 unspecified atom stereocenters. The molecule has 2 amide bonds. The number of nitrogens with one attached hydrogen (secondary N) is 3. The van der Waals surface area contributed by atoms with E-state index < -0.39 is 16.0 Å². The van der Waals surface area contributed by atoms with E-state index in [0.29, 0.717) is 38.3 Å². The topological polar surface area (TPSA) is 141 Å². The van der Waals surface area contributed by atoms with Crippen LogP contribution < -0.4 is 15.4 Å². The molecule has 11 heteroatoms. The molecule has 1 fully saturated rings. The number of anilines is 1. The van der Waals surface area contributed by atoms with E-state index in [9.17, 15) is 18.0 Å². The highest BCUT2D eigenvalue weighted by Gasteiger charge is 2.27. The summed E-state index contributed by atoms with van der Waals surface area (Å²) < 4.78 is 28.0. The monoisotopic (exact) mass is 497 g/mol. The molecular formula is C24H27N5O5S. The number of hydrogen-bond donors (Lipinski definition) is 4. The zero-order valence-electron chi connectivity index (χ0n) is 19.2. The molecule has 0 radical (unpaired) electrons. The summed E-state index contributed by atoms with van der Waals surface area (Å²) in [7, 11) is -3.84. The SMILES string of the molecule is Cc1cc(NC(=O)NCCN2CCC(NS(=O)(=O)c3cccc(C(=O)O)c3)C2)c2ccccc2n1. The average molecular weight is 498 g/mol. The minimum absolute atomic E-state index is 0.0759. The number of amides is 2. The fourth-order valence-electron chi connectivity index (χ4n) is 4.12. The molecule has 1 aliphatic heterocycles. The van der Waals surface area contributed by atoms with Crippen LogP contribution >= 0.6 is 0 Å². The van der Waals surface area contributed by atoms with E-state index in [2.05, 4.69) is 25.2 Å². The Morgan fingerprint density at radius 1 is 1.14 bits per heavy atom. The smallest absolute Gasteiger partial charge is 0.335 e. The van der Waals surface area contributed by atoms with Gasteiger partial charge >= 0.3 is 12.0 Å². The summed E-state index contributed by atoms with van der Waals surface area (Å²) in [6, 6.07) is 14.1. The maximum absolute atomic E-state index is 12.7. The molecule has 35 heavy (non-hydrogen) atoms. The van der Waals surface area contributed by atoms with E-state index in [0.717, 1.165) is 22.7 Å². The number of carbonyl (C=O) groups is 2. The van der Waals surface area contributed by atoms with E-state index in [1.165, 1.54) is 18.2 Å². The van der Waals surface area contributed by atoms with Crippen molar-refractivity contribution < 1.29 is 23.1 Å². The van der Waals surface area contributed by atoms with E-state index in [1.807, 2.05) is 37.3 Å². The number of rotatable bonds is 8. The Kier molecular flexibility index (Phi) is 7.29. The number of nitrogens with zero attached hydrogens (tertiary/aromatic N) is 2. The van der Waals surface area contributed by atoms with Crippen LogP contribution in [0.3, 0.4) is 0 Å². The highest BCUT2D eigenvalue weighted by Crippen LogP contribution is 2.22. The largest absolute Gasteiger partial charge is 0.478 e. The summed E-state index contributed by atoms with van der Waals surface area (Å²) >= 11 is 0. The molecule has 0 spiro atoms. The summed E-state index contributed by atoms with van der Waals surface area (Å²) in [5.74, 6) is -1.18. The van der Waals surface area contributed by atoms with Crippen molar-refractivity contribution in [2.45, 2.75) is 24.3 Å². The molecule has 1 saturated heterocycles. The molecule has 0 bridgehead atoms. The van der Waals surface area contributed by atoms with Crippen LogP contribution in [0.15, 0.2) is 59.5 Å². The molecule has 1 atom stereocenters. The van der Waals surface area contributed by atoms with E-state index in [-0.39, 0.29) is 22.5 Å². The molecule has 1 aliphatic rings. The van der Waals surface area contributed by atoms with Gasteiger partial charge < -0.3 is 15.7 Å². The fourth-order valence-corrected chi connectivity index (χ4v) is 5.43. The number of likely N-dealkylation sites (tertiary alicyclic amines) is 1. The van der Waals surface area contributed by atoms with Crippen LogP contribution in [0.5, 0.6) is 0 Å². The quantitative estimate of drug-likeness (QED) is 0.375. The van der Waals surface area contributed by atoms with Gasteiger partial charge in [-0.1, -0.05) is 24.3 Å². The standard InChI is InChI=1S/C24H27N5O5S/c1-16-13-22(20-7-2-3-8-21(20)26-16)27-24(32)25-10-12-29-11-9-18(15-29)28-35(33,34)19-6-4-5-17(14-19)23(30)31/h2-8,13-14,18,28H,9-12,15H2,1H3,(H,30,31)(H2,25,26,27,32). The van der Waals surface area contributed by atoms with Crippen LogP contribution in [-0.4, -0.2) is 67.6 Å². The van der Waals surface area contributed by atoms with Gasteiger partial charge in [-0.2, -0.15) is 0 Å². The third-order valence-electron chi connectivity index (χ3n) is 5.79. The Bertz CT molecular complexity index is 1360. The molecule has 3 aromatic rings. The van der Waals surface area contributed by atoms with Gasteiger partial charge in [-0.25, -0.2) is 22.7 Å². The van der Waals surface area contributed by atoms with Crippen LogP contribution in [0.4, 0.5) is 10.5 Å². The van der Waals surface area contributed by atoms with Crippen LogP contribution in [0.2, 0.25) is 0 Å². The zero-order valence-corrected chi connectivity index (χ0v) is 20.0. The van der Waals surface area contributed by atoms with Crippen molar-refractivity contribution in [2.24, 2.45) is 0 Å². The summed E-state index contributed by atoms with van der Waals surface area (Å²) in [6.45, 7) is 4.01. The van der Waals surface area contributed by atoms with Gasteiger partial charge in [0.1, 0.15) is 0 Å². The number of fused-ring (bicyclic) bond motifs is 1. The lowest BCUT2D eigenvalue weighted by Crippen LogP contribution is -2.39. The first-order chi connectivity index (χ1) is 16.7. The second-order valence-electron chi connectivity index (χ2n) is 8.45. The number of hydrogen-bond acceptors (Lipinski definition) is 6. The number of aromatic nitrogens is 1. The second-order valence-corrected chi connectivity index (χ2v) is 10.2. The van der Waals surface area contributed by atoms with Crippen molar-refractivity contribution in [3.63, 3.8) is 0 Å². The molecule has 4 N–H and O–H groups in total. The van der Waals surface area contributed by atoms with E-state index in [1.54, 1.807) is 0 Å². The number of aromatic carboxylic acids is 1. The number of pyridine rings is 1. The Balaban J connectivity index is 1.26. The second kappa shape index (κ2) is 10.4. The molecular weight excluding hydrogens is 470 g/mol. The summed E-state index contributed by atoms with van der Waals surface area (Å²) in [4.78, 5) is 30.0. The average Bonchev–Trinajstić information content (AvgIpc) is 3.25. The number of urea groups is 1. The maximum atomic E-state index is 12.7. The lowest BCUT2D eigenvalue weighted by molar-refractivity contribution is 0.0696. The Morgan fingerprint density at radius 3 is 2.74 bits per heavy atom. The van der Waals surface area contributed by atoms with Crippen LogP contribution in [-0.2, 0) is 10.0 Å². The summed E-state index contributed by atoms with van der Waals surface area (Å²) in [6.07, 6.45) is 0.617. The van der Waals surface area contributed by atoms with Crippen LogP contribution in [0, 0.1) is 6.92 Å². The molecule has 2 heterocycles. The molecule has 184 valence electrons. The third-order valence-corrected chi connectivity index (χ3v) is 7.31. The van der Waals surface area contributed by atoms with Crippen LogP contribution in [0.25, 0.3) is 10.9 Å². The maximum Gasteiger partial charge on any atom is 0.335 e. The van der Waals surface area contributed by atoms with Crippen molar-refractivity contribution in [2.75, 3.05) is 31.5 Å². The minimum Gasteiger partial charge on any atom is -0.478 e. The summed E-state index contributed by atoms with van der Waals surface area (Å²) in [5, 5.41) is 15.7. The van der Waals surface area contributed by atoms with Crippen LogP contribution in [0.1, 0.15) is 22.5 Å². The number of carboxylic acids is 1. The zero-order chi connectivity index (χ0) is 25.0. The fraction of sp³-hybridized carbons (Fsp3) is 0.292. The van der Waals surface area contributed by atoms with E-state index >= 15 is 0 Å². The van der Waals surface area contributed by atoms with Gasteiger partial charge in [0.05, 0.1) is 21.7 Å². The van der Waals surface area contributed by atoms with Crippen molar-refractivity contribution in [3.8, 4) is 0 Å². The molecule has 10 nitrogen and oxygen atoms in total. The number of benzene rings is 2. The number of para-hydroxylation sites is 1. The number of aryl methyl sites for hydroxylation is 1. The van der Waals surface area contributed by atoms with Gasteiger partial charge in [-0.05, 0) is 50.2 Å². The Labute approximate surface area is 203 Å². The van der Waals surface area contributed by atoms with Gasteiger partial charge in [-0.3, -0.25) is 9.88 Å². The predicted octanol–water partition coefficient (Wildman–Crippen LogP) is 2.42. The highest BCUT2D eigenvalue weighted by atomic mass is 32.2. The van der Waals surface area contributed by atoms with Crippen molar-refractivity contribution in [3.05, 3.63) is 65.9 Å². The van der Waals surface area contributed by atoms with E-state index in [4.69, 9.17) is 5.11 Å². The lowest BCUT2D eigenvalue weighted by atomic mass is 10.1. The predicted molar refractivity (Wildman–Crippen MR) is 132 cm³/mol. The Morgan fingerprint density at radius 2 is 1.94 bits per heavy atom. The minimum atomic E-state index is -3.84. The van der Waals surface area contributed by atoms with Crippen molar-refractivity contribution in [1.29, 1.82) is 0 Å². The van der Waals surface area contributed by atoms with Crippen molar-refractivity contribution in [1.82, 2.24) is 19.9 Å². The normalized spacial score (nSPS) is 16.3. The molecule has 0 aliphatic carbocycles. The third kappa shape index (κ3) is 6.13. The number of sulfonamides is 1. The van der Waals surface area contributed by atoms with Gasteiger partial charge in [0.15, 0.2) is 0 Å². The first-order valence-electron chi connectivity index (χ1n) is 11.2. The van der Waals surface area contributed by atoms with Gasteiger partial charge in [-0.15, -0.1) is 0 Å². The van der Waals surface area contributed by atoms with Gasteiger partial charge in [0, 0.05) is 36.8 Å². The molecule has 4 rings (SSSR count). The number of carbonyl (C=O) groups excluding carboxylic acids is 1. The highest BCUT2D eigenvalue weighted by molar-refractivity contribution is 7.89. The lowest BCUT2D eigenvalue weighted by Gasteiger charge is -2.17. The Hall–Kier alpha value is -3.54. The first kappa shape index (κ1) is 24.6. The van der Waals surface area contributed by atoms with Gasteiger partial charge in [0.25, 0.3) is 0 Å². The summed E-state index contributed by atoms with van der Waals surface area (Å²) in [5.41, 5.74) is 2.22. The van der Waals surface area contributed by atoms with Gasteiger partial charge in [0.2, 0.25) is 10.0 Å².